The minimum absolute atomic E-state index is 0.00133. The van der Waals surface area contributed by atoms with E-state index in [1.807, 2.05) is 0 Å². The smallest absolute Gasteiger partial charge is 0.417 e. The minimum Gasteiger partial charge on any atom is -0.476 e. The number of hydrogen-bond donors (Lipinski definition) is 1. The van der Waals surface area contributed by atoms with Gasteiger partial charge in [0.2, 0.25) is 11.8 Å². The normalized spacial score (nSPS) is 11.8. The average Bonchev–Trinajstić information content (AvgIpc) is 2.66. The number of pyridine rings is 2. The second-order valence-electron chi connectivity index (χ2n) is 7.39. The van der Waals surface area contributed by atoms with Crippen LogP contribution in [0.25, 0.3) is 0 Å². The molecule has 0 aliphatic carbocycles. The van der Waals surface area contributed by atoms with Crippen LogP contribution < -0.4 is 10.1 Å². The van der Waals surface area contributed by atoms with Crippen molar-refractivity contribution in [3.8, 4) is 5.88 Å². The Morgan fingerprint density at radius 3 is 2.50 bits per heavy atom. The van der Waals surface area contributed by atoms with Crippen molar-refractivity contribution in [2.75, 3.05) is 11.9 Å². The van der Waals surface area contributed by atoms with Gasteiger partial charge in [-0.2, -0.15) is 13.2 Å². The summed E-state index contributed by atoms with van der Waals surface area (Å²) in [4.78, 5) is 31.8. The largest absolute Gasteiger partial charge is 0.476 e. The highest BCUT2D eigenvalue weighted by Gasteiger charge is 2.32. The zero-order valence-electron chi connectivity index (χ0n) is 16.6. The molecule has 30 heavy (non-hydrogen) atoms. The molecule has 2 aromatic heterocycles. The molecule has 0 aromatic carbocycles. The van der Waals surface area contributed by atoms with Crippen molar-refractivity contribution < 1.29 is 27.5 Å². The van der Waals surface area contributed by atoms with E-state index < -0.39 is 17.2 Å². The van der Waals surface area contributed by atoms with E-state index in [2.05, 4.69) is 15.3 Å². The number of ether oxygens (including phenoxy) is 1. The predicted octanol–water partition coefficient (Wildman–Crippen LogP) is 5.18. The van der Waals surface area contributed by atoms with Crippen LogP contribution >= 0.6 is 11.6 Å². The van der Waals surface area contributed by atoms with E-state index in [0.717, 1.165) is 6.07 Å². The lowest BCUT2D eigenvalue weighted by atomic mass is 9.86. The highest BCUT2D eigenvalue weighted by molar-refractivity contribution is 6.31. The third-order valence-electron chi connectivity index (χ3n) is 4.04. The molecule has 2 heterocycles. The first-order valence-electron chi connectivity index (χ1n) is 9.06. The van der Waals surface area contributed by atoms with Gasteiger partial charge < -0.3 is 10.1 Å². The third kappa shape index (κ3) is 6.69. The lowest BCUT2D eigenvalue weighted by Gasteiger charge is -2.24. The van der Waals surface area contributed by atoms with Gasteiger partial charge in [-0.25, -0.2) is 9.97 Å². The first-order chi connectivity index (χ1) is 13.9. The number of carbonyl (C=O) groups excluding carboxylic acids is 2. The number of halogens is 4. The van der Waals surface area contributed by atoms with E-state index in [-0.39, 0.29) is 47.9 Å². The van der Waals surface area contributed by atoms with Crippen molar-refractivity contribution in [3.63, 3.8) is 0 Å². The van der Waals surface area contributed by atoms with Gasteiger partial charge in [0.25, 0.3) is 0 Å². The summed E-state index contributed by atoms with van der Waals surface area (Å²) in [6.07, 6.45) is -2.13. The van der Waals surface area contributed by atoms with Crippen LogP contribution in [0, 0.1) is 5.41 Å². The molecule has 0 saturated heterocycles. The molecule has 0 fully saturated rings. The number of carbonyl (C=O) groups is 2. The first-order valence-corrected chi connectivity index (χ1v) is 9.44. The van der Waals surface area contributed by atoms with Crippen molar-refractivity contribution in [2.45, 2.75) is 39.8 Å². The lowest BCUT2D eigenvalue weighted by molar-refractivity contribution is -0.137. The highest BCUT2D eigenvalue weighted by Crippen LogP contribution is 2.34. The van der Waals surface area contributed by atoms with Crippen LogP contribution in [0.1, 0.15) is 49.5 Å². The molecule has 0 unspecified atom stereocenters. The predicted molar refractivity (Wildman–Crippen MR) is 106 cm³/mol. The molecular weight excluding hydrogens is 423 g/mol. The van der Waals surface area contributed by atoms with Crippen LogP contribution in [0.5, 0.6) is 5.88 Å². The number of alkyl halides is 3. The minimum atomic E-state index is -4.55. The standard InChI is InChI=1S/C20H21ClF3N3O3/c1-4-17(29)27-16-7-12(5-6-25-16)15(28)9-19(2,3)11-30-18-14(21)8-13(10-26-18)20(22,23)24/h5-8,10H,4,9,11H2,1-3H3,(H,25,27,29). The first kappa shape index (κ1) is 23.6. The monoisotopic (exact) mass is 443 g/mol. The zero-order chi connectivity index (χ0) is 22.5. The van der Waals surface area contributed by atoms with E-state index >= 15 is 0 Å². The van der Waals surface area contributed by atoms with Gasteiger partial charge in [0.1, 0.15) is 10.8 Å². The summed E-state index contributed by atoms with van der Waals surface area (Å²) < 4.78 is 43.5. The summed E-state index contributed by atoms with van der Waals surface area (Å²) in [5, 5.41) is 2.32. The molecule has 6 nitrogen and oxygen atoms in total. The van der Waals surface area contributed by atoms with E-state index in [4.69, 9.17) is 16.3 Å². The Kier molecular flexibility index (Phi) is 7.41. The fourth-order valence-corrected chi connectivity index (χ4v) is 2.66. The maximum atomic E-state index is 12.7. The van der Waals surface area contributed by atoms with Gasteiger partial charge in [-0.15, -0.1) is 0 Å². The van der Waals surface area contributed by atoms with Gasteiger partial charge in [-0.05, 0) is 18.2 Å². The number of aromatic nitrogens is 2. The van der Waals surface area contributed by atoms with E-state index in [1.54, 1.807) is 20.8 Å². The van der Waals surface area contributed by atoms with Crippen LogP contribution in [0.2, 0.25) is 5.02 Å². The molecule has 0 atom stereocenters. The Morgan fingerprint density at radius 2 is 1.90 bits per heavy atom. The molecule has 0 bridgehead atoms. The van der Waals surface area contributed by atoms with E-state index in [1.165, 1.54) is 18.3 Å². The van der Waals surface area contributed by atoms with Crippen LogP contribution in [-0.4, -0.2) is 28.3 Å². The second-order valence-corrected chi connectivity index (χ2v) is 7.80. The maximum Gasteiger partial charge on any atom is 0.417 e. The second kappa shape index (κ2) is 9.42. The molecule has 0 spiro atoms. The Morgan fingerprint density at radius 1 is 1.20 bits per heavy atom. The summed E-state index contributed by atoms with van der Waals surface area (Å²) in [6.45, 7) is 5.24. The molecule has 1 amide bonds. The molecule has 0 aliphatic rings. The molecule has 10 heteroatoms. The average molecular weight is 444 g/mol. The Bertz CT molecular complexity index is 933. The van der Waals surface area contributed by atoms with Crippen LogP contribution in [-0.2, 0) is 11.0 Å². The third-order valence-corrected chi connectivity index (χ3v) is 4.31. The van der Waals surface area contributed by atoms with E-state index in [0.29, 0.717) is 11.8 Å². The van der Waals surface area contributed by atoms with Gasteiger partial charge in [0.15, 0.2) is 5.78 Å². The number of amides is 1. The quantitative estimate of drug-likeness (QED) is 0.569. The molecule has 162 valence electrons. The van der Waals surface area contributed by atoms with Gasteiger partial charge in [-0.1, -0.05) is 32.4 Å². The number of Topliss-reactive ketones (excluding diaryl/α,β-unsaturated/α-hetero) is 1. The fraction of sp³-hybridized carbons (Fsp3) is 0.400. The molecule has 0 aliphatic heterocycles. The number of nitrogens with one attached hydrogen (secondary N) is 1. The summed E-state index contributed by atoms with van der Waals surface area (Å²) in [5.74, 6) is -0.285. The SMILES string of the molecule is CCC(=O)Nc1cc(C(=O)CC(C)(C)COc2ncc(C(F)(F)F)cc2Cl)ccn1. The zero-order valence-corrected chi connectivity index (χ0v) is 17.4. The van der Waals surface area contributed by atoms with Gasteiger partial charge in [-0.3, -0.25) is 9.59 Å². The van der Waals surface area contributed by atoms with Gasteiger partial charge in [0.05, 0.1) is 12.2 Å². The summed E-state index contributed by atoms with van der Waals surface area (Å²) in [5.41, 5.74) is -1.27. The molecule has 2 aromatic rings. The van der Waals surface area contributed by atoms with E-state index in [9.17, 15) is 22.8 Å². The lowest BCUT2D eigenvalue weighted by Crippen LogP contribution is -2.25. The molecule has 2 rings (SSSR count). The summed E-state index contributed by atoms with van der Waals surface area (Å²) in [7, 11) is 0. The molecule has 0 radical (unpaired) electrons. The number of hydrogen-bond acceptors (Lipinski definition) is 5. The van der Waals surface area contributed by atoms with Crippen LogP contribution in [0.4, 0.5) is 19.0 Å². The van der Waals surface area contributed by atoms with Crippen molar-refractivity contribution in [1.29, 1.82) is 0 Å². The van der Waals surface area contributed by atoms with Crippen LogP contribution in [0.3, 0.4) is 0 Å². The van der Waals surface area contributed by atoms with Crippen molar-refractivity contribution in [1.82, 2.24) is 9.97 Å². The van der Waals surface area contributed by atoms with Gasteiger partial charge >= 0.3 is 6.18 Å². The van der Waals surface area contributed by atoms with Crippen molar-refractivity contribution in [2.24, 2.45) is 5.41 Å². The fourth-order valence-electron chi connectivity index (χ4n) is 2.44. The Hall–Kier alpha value is -2.68. The number of ketones is 1. The Balaban J connectivity index is 2.02. The van der Waals surface area contributed by atoms with Crippen LogP contribution in [0.15, 0.2) is 30.6 Å². The highest BCUT2D eigenvalue weighted by atomic mass is 35.5. The molecule has 1 N–H and O–H groups in total. The maximum absolute atomic E-state index is 12.7. The number of nitrogens with zero attached hydrogens (tertiary/aromatic N) is 2. The molecule has 0 saturated carbocycles. The number of rotatable bonds is 8. The number of anilines is 1. The van der Waals surface area contributed by atoms with Gasteiger partial charge in [0, 0.05) is 36.2 Å². The molecular formula is C20H21ClF3N3O3. The summed E-state index contributed by atoms with van der Waals surface area (Å²) in [6, 6.07) is 3.77. The van der Waals surface area contributed by atoms with Crippen molar-refractivity contribution in [3.05, 3.63) is 46.7 Å². The van der Waals surface area contributed by atoms with Crippen molar-refractivity contribution >= 4 is 29.1 Å². The summed E-state index contributed by atoms with van der Waals surface area (Å²) >= 11 is 5.84. The Labute approximate surface area is 176 Å². The topological polar surface area (TPSA) is 81.2 Å².